The molecule has 3 heterocycles. The maximum atomic E-state index is 12.9. The highest BCUT2D eigenvalue weighted by atomic mass is 35.5. The predicted molar refractivity (Wildman–Crippen MR) is 125 cm³/mol. The van der Waals surface area contributed by atoms with Gasteiger partial charge in [0, 0.05) is 36.9 Å². The Morgan fingerprint density at radius 1 is 1.12 bits per heavy atom. The number of esters is 1. The lowest BCUT2D eigenvalue weighted by Gasteiger charge is -2.30. The summed E-state index contributed by atoms with van der Waals surface area (Å²) in [7, 11) is 0. The number of halogens is 1. The molecule has 0 bridgehead atoms. The number of rotatable bonds is 7. The summed E-state index contributed by atoms with van der Waals surface area (Å²) >= 11 is 6.00. The summed E-state index contributed by atoms with van der Waals surface area (Å²) in [5.74, 6) is 0.0380. The Morgan fingerprint density at radius 3 is 2.52 bits per heavy atom. The molecule has 2 amide bonds. The lowest BCUT2D eigenvalue weighted by Crippen LogP contribution is -2.48. The molecular weight excluding hydrogens is 444 g/mol. The number of benzene rings is 1. The molecule has 4 rings (SSSR count). The maximum Gasteiger partial charge on any atom is 0.338 e. The molecule has 1 fully saturated rings. The fraction of sp³-hybridized carbons (Fsp3) is 0.417. The molecule has 33 heavy (non-hydrogen) atoms. The first-order valence-electron chi connectivity index (χ1n) is 11.2. The van der Waals surface area contributed by atoms with Gasteiger partial charge in [0.2, 0.25) is 0 Å². The number of amides is 2. The second-order valence-electron chi connectivity index (χ2n) is 8.19. The fourth-order valence-electron chi connectivity index (χ4n) is 4.27. The van der Waals surface area contributed by atoms with Crippen molar-refractivity contribution in [1.82, 2.24) is 20.4 Å². The number of hydrogen-bond donors (Lipinski definition) is 2. The van der Waals surface area contributed by atoms with E-state index in [1.165, 1.54) is 11.8 Å². The molecular formula is C24H29ClN4O4. The Bertz CT molecular complexity index is 990. The largest absolute Gasteiger partial charge is 0.467 e. The second kappa shape index (κ2) is 10.9. The molecule has 1 aromatic heterocycles. The molecule has 0 aliphatic carbocycles. The van der Waals surface area contributed by atoms with Gasteiger partial charge in [-0.05, 0) is 56.3 Å². The van der Waals surface area contributed by atoms with Crippen molar-refractivity contribution in [2.24, 2.45) is 0 Å². The number of hydrogen-bond acceptors (Lipinski definition) is 6. The highest BCUT2D eigenvalue weighted by Gasteiger charge is 2.36. The van der Waals surface area contributed by atoms with Crippen molar-refractivity contribution in [3.63, 3.8) is 0 Å². The van der Waals surface area contributed by atoms with Crippen molar-refractivity contribution in [2.45, 2.75) is 25.9 Å². The zero-order valence-electron chi connectivity index (χ0n) is 18.7. The second-order valence-corrected chi connectivity index (χ2v) is 8.63. The Morgan fingerprint density at radius 2 is 1.85 bits per heavy atom. The molecule has 1 unspecified atom stereocenters. The van der Waals surface area contributed by atoms with E-state index < -0.39 is 12.0 Å². The van der Waals surface area contributed by atoms with Gasteiger partial charge in [0.15, 0.2) is 0 Å². The van der Waals surface area contributed by atoms with Crippen LogP contribution in [0.4, 0.5) is 4.79 Å². The van der Waals surface area contributed by atoms with E-state index in [4.69, 9.17) is 20.8 Å². The van der Waals surface area contributed by atoms with Crippen LogP contribution in [0.25, 0.3) is 0 Å². The first kappa shape index (κ1) is 23.4. The van der Waals surface area contributed by atoms with Crippen molar-refractivity contribution in [1.29, 1.82) is 0 Å². The van der Waals surface area contributed by atoms with Crippen LogP contribution < -0.4 is 10.6 Å². The standard InChI is InChI=1S/C24H29ClN4O4/c1-2-32-23(30)21-19(26-24(31)27-22(21)20-5-3-14-33-20)16-29-11-4-10-28(12-13-29)15-17-6-8-18(25)9-7-17/h3,5-9,14,22H,2,4,10-13,15-16H2,1H3,(H2,26,27,31). The molecule has 9 heteroatoms. The smallest absolute Gasteiger partial charge is 0.338 e. The minimum absolute atomic E-state index is 0.248. The van der Waals surface area contributed by atoms with Gasteiger partial charge in [-0.2, -0.15) is 0 Å². The fourth-order valence-corrected chi connectivity index (χ4v) is 4.40. The minimum atomic E-state index is -0.684. The van der Waals surface area contributed by atoms with Crippen LogP contribution in [-0.4, -0.2) is 61.1 Å². The summed E-state index contributed by atoms with van der Waals surface area (Å²) in [6.07, 6.45) is 2.51. The number of ether oxygens (including phenoxy) is 1. The molecule has 2 aliphatic heterocycles. The van der Waals surface area contributed by atoms with Gasteiger partial charge in [-0.15, -0.1) is 0 Å². The lowest BCUT2D eigenvalue weighted by atomic mass is 10.00. The Kier molecular flexibility index (Phi) is 7.69. The summed E-state index contributed by atoms with van der Waals surface area (Å²) in [6.45, 7) is 6.88. The molecule has 0 saturated carbocycles. The Hall–Kier alpha value is -2.81. The number of nitrogens with one attached hydrogen (secondary N) is 2. The van der Waals surface area contributed by atoms with Crippen LogP contribution in [0.15, 0.2) is 58.3 Å². The van der Waals surface area contributed by atoms with Crippen molar-refractivity contribution in [2.75, 3.05) is 39.3 Å². The van der Waals surface area contributed by atoms with Crippen LogP contribution >= 0.6 is 11.6 Å². The van der Waals surface area contributed by atoms with Crippen molar-refractivity contribution in [3.8, 4) is 0 Å². The van der Waals surface area contributed by atoms with Crippen molar-refractivity contribution < 1.29 is 18.7 Å². The van der Waals surface area contributed by atoms with Gasteiger partial charge < -0.3 is 19.8 Å². The topological polar surface area (TPSA) is 87.0 Å². The van der Waals surface area contributed by atoms with Gasteiger partial charge in [-0.25, -0.2) is 9.59 Å². The third-order valence-corrected chi connectivity index (χ3v) is 6.11. The van der Waals surface area contributed by atoms with E-state index >= 15 is 0 Å². The molecule has 1 saturated heterocycles. The summed E-state index contributed by atoms with van der Waals surface area (Å²) in [6, 6.07) is 10.4. The van der Waals surface area contributed by atoms with Crippen LogP contribution in [0, 0.1) is 0 Å². The van der Waals surface area contributed by atoms with Crippen LogP contribution in [-0.2, 0) is 16.1 Å². The Labute approximate surface area is 198 Å². The van der Waals surface area contributed by atoms with E-state index in [1.54, 1.807) is 19.1 Å². The van der Waals surface area contributed by atoms with Crippen molar-refractivity contribution in [3.05, 3.63) is 70.3 Å². The molecule has 176 valence electrons. The average molecular weight is 473 g/mol. The van der Waals surface area contributed by atoms with Gasteiger partial charge in [-0.3, -0.25) is 9.80 Å². The normalized spacial score (nSPS) is 20.2. The Balaban J connectivity index is 1.48. The van der Waals surface area contributed by atoms with Crippen molar-refractivity contribution >= 4 is 23.6 Å². The number of furan rings is 1. The van der Waals surface area contributed by atoms with Gasteiger partial charge in [0.05, 0.1) is 18.4 Å². The maximum absolute atomic E-state index is 12.9. The molecule has 2 N–H and O–H groups in total. The van der Waals surface area contributed by atoms with Crippen LogP contribution in [0.5, 0.6) is 0 Å². The number of urea groups is 1. The van der Waals surface area contributed by atoms with E-state index in [0.717, 1.165) is 44.2 Å². The summed E-state index contributed by atoms with van der Waals surface area (Å²) in [5.41, 5.74) is 2.17. The first-order valence-corrected chi connectivity index (χ1v) is 11.6. The van der Waals surface area contributed by atoms with Gasteiger partial charge in [-0.1, -0.05) is 23.7 Å². The molecule has 2 aromatic rings. The molecule has 0 spiro atoms. The van der Waals surface area contributed by atoms with Gasteiger partial charge in [0.25, 0.3) is 0 Å². The van der Waals surface area contributed by atoms with Gasteiger partial charge >= 0.3 is 12.0 Å². The molecule has 8 nitrogen and oxygen atoms in total. The van der Waals surface area contributed by atoms with E-state index in [2.05, 4.69) is 32.6 Å². The highest BCUT2D eigenvalue weighted by Crippen LogP contribution is 2.28. The SMILES string of the molecule is CCOC(=O)C1=C(CN2CCCN(Cc3ccc(Cl)cc3)CC2)NC(=O)NC1c1ccco1. The van der Waals surface area contributed by atoms with E-state index in [1.807, 2.05) is 12.1 Å². The van der Waals surface area contributed by atoms with E-state index in [0.29, 0.717) is 23.6 Å². The zero-order chi connectivity index (χ0) is 23.2. The molecule has 0 radical (unpaired) electrons. The molecule has 2 aliphatic rings. The van der Waals surface area contributed by atoms with Gasteiger partial charge in [0.1, 0.15) is 11.8 Å². The quantitative estimate of drug-likeness (QED) is 0.601. The monoisotopic (exact) mass is 472 g/mol. The van der Waals surface area contributed by atoms with Crippen LogP contribution in [0.2, 0.25) is 5.02 Å². The number of nitrogens with zero attached hydrogens (tertiary/aromatic N) is 2. The zero-order valence-corrected chi connectivity index (χ0v) is 19.4. The average Bonchev–Trinajstić information content (AvgIpc) is 3.24. The van der Waals surface area contributed by atoms with Crippen LogP contribution in [0.3, 0.4) is 0 Å². The highest BCUT2D eigenvalue weighted by molar-refractivity contribution is 6.30. The summed E-state index contributed by atoms with van der Waals surface area (Å²) < 4.78 is 10.8. The minimum Gasteiger partial charge on any atom is -0.467 e. The third kappa shape index (κ3) is 5.96. The summed E-state index contributed by atoms with van der Waals surface area (Å²) in [4.78, 5) is 29.9. The van der Waals surface area contributed by atoms with E-state index in [-0.39, 0.29) is 12.6 Å². The molecule has 1 atom stereocenters. The predicted octanol–water partition coefficient (Wildman–Crippen LogP) is 3.31. The first-order chi connectivity index (χ1) is 16.0. The number of carbonyl (C=O) groups excluding carboxylic acids is 2. The van der Waals surface area contributed by atoms with E-state index in [9.17, 15) is 9.59 Å². The molecule has 1 aromatic carbocycles. The lowest BCUT2D eigenvalue weighted by molar-refractivity contribution is -0.139. The van der Waals surface area contributed by atoms with Crippen LogP contribution in [0.1, 0.15) is 30.7 Å². The summed E-state index contributed by atoms with van der Waals surface area (Å²) in [5, 5.41) is 6.37. The number of carbonyl (C=O) groups is 2. The third-order valence-electron chi connectivity index (χ3n) is 5.86.